The molecule has 0 amide bonds. The average Bonchev–Trinajstić information content (AvgIpc) is 3.25. The van der Waals surface area contributed by atoms with Gasteiger partial charge in [0, 0.05) is 19.4 Å². The summed E-state index contributed by atoms with van der Waals surface area (Å²) in [6, 6.07) is 0. The summed E-state index contributed by atoms with van der Waals surface area (Å²) in [6.07, 6.45) is 67.0. The number of ether oxygens (including phenoxy) is 3. The highest BCUT2D eigenvalue weighted by atomic mass is 16.6. The Morgan fingerprint density at radius 2 is 0.750 bits per heavy atom. The molecule has 0 aromatic heterocycles. The van der Waals surface area contributed by atoms with Crippen molar-refractivity contribution in [2.24, 2.45) is 0 Å². The summed E-state index contributed by atoms with van der Waals surface area (Å²) < 4.78 is 17.3. The summed E-state index contributed by atoms with van der Waals surface area (Å²) in [5, 5.41) is 0. The number of carbonyl (C=O) groups is 2. The molecule has 0 rings (SSSR count). The van der Waals surface area contributed by atoms with Crippen LogP contribution in [-0.4, -0.2) is 37.9 Å². The second kappa shape index (κ2) is 50.2. The van der Waals surface area contributed by atoms with Crippen LogP contribution in [0.15, 0.2) is 97.2 Å². The summed E-state index contributed by atoms with van der Waals surface area (Å²) >= 11 is 0. The molecule has 0 bridgehead atoms. The molecule has 0 aliphatic heterocycles. The van der Waals surface area contributed by atoms with Crippen molar-refractivity contribution in [3.8, 4) is 0 Å². The normalized spacial score (nSPS) is 13.1. The van der Waals surface area contributed by atoms with E-state index in [1.165, 1.54) is 70.6 Å². The van der Waals surface area contributed by atoms with Crippen LogP contribution >= 0.6 is 0 Å². The molecule has 0 spiro atoms. The van der Waals surface area contributed by atoms with Crippen LogP contribution in [0.5, 0.6) is 0 Å². The van der Waals surface area contributed by atoms with Crippen LogP contribution in [-0.2, 0) is 23.8 Å². The lowest BCUT2D eigenvalue weighted by Gasteiger charge is -2.18. The second-order valence-electron chi connectivity index (χ2n) is 15.9. The van der Waals surface area contributed by atoms with Crippen molar-refractivity contribution in [1.29, 1.82) is 0 Å². The lowest BCUT2D eigenvalue weighted by molar-refractivity contribution is -0.163. The van der Waals surface area contributed by atoms with Crippen LogP contribution in [0.4, 0.5) is 0 Å². The van der Waals surface area contributed by atoms with Gasteiger partial charge >= 0.3 is 11.9 Å². The zero-order valence-corrected chi connectivity index (χ0v) is 39.2. The van der Waals surface area contributed by atoms with Crippen molar-refractivity contribution in [2.75, 3.05) is 19.8 Å². The first-order valence-corrected chi connectivity index (χ1v) is 24.8. The van der Waals surface area contributed by atoms with Gasteiger partial charge in [0.15, 0.2) is 6.10 Å². The van der Waals surface area contributed by atoms with E-state index < -0.39 is 6.10 Å². The Morgan fingerprint density at radius 3 is 1.22 bits per heavy atom. The van der Waals surface area contributed by atoms with E-state index in [0.29, 0.717) is 19.4 Å². The summed E-state index contributed by atoms with van der Waals surface area (Å²) in [4.78, 5) is 25.3. The van der Waals surface area contributed by atoms with Crippen molar-refractivity contribution in [3.05, 3.63) is 97.2 Å². The van der Waals surface area contributed by atoms with E-state index in [2.05, 4.69) is 118 Å². The van der Waals surface area contributed by atoms with Crippen LogP contribution in [0.25, 0.3) is 0 Å². The molecule has 0 fully saturated rings. The zero-order chi connectivity index (χ0) is 43.5. The molecule has 1 atom stereocenters. The van der Waals surface area contributed by atoms with Crippen LogP contribution in [0.3, 0.4) is 0 Å². The van der Waals surface area contributed by atoms with Crippen LogP contribution < -0.4 is 0 Å². The molecule has 0 saturated heterocycles. The lowest BCUT2D eigenvalue weighted by atomic mass is 10.1. The second-order valence-corrected chi connectivity index (χ2v) is 15.9. The van der Waals surface area contributed by atoms with Gasteiger partial charge in [-0.25, -0.2) is 0 Å². The number of rotatable bonds is 44. The monoisotopic (exact) mass is 833 g/mol. The topological polar surface area (TPSA) is 61.8 Å². The zero-order valence-electron chi connectivity index (χ0n) is 39.2. The number of hydrogen-bond acceptors (Lipinski definition) is 5. The maximum atomic E-state index is 12.8. The molecule has 0 aromatic rings. The number of unbranched alkanes of at least 4 members (excludes halogenated alkanes) is 17. The van der Waals surface area contributed by atoms with Crippen molar-refractivity contribution < 1.29 is 23.8 Å². The summed E-state index contributed by atoms with van der Waals surface area (Å²) in [5.41, 5.74) is 0. The van der Waals surface area contributed by atoms with E-state index in [4.69, 9.17) is 14.2 Å². The van der Waals surface area contributed by atoms with Crippen LogP contribution in [0.2, 0.25) is 0 Å². The highest BCUT2D eigenvalue weighted by Gasteiger charge is 2.17. The minimum atomic E-state index is -0.571. The summed E-state index contributed by atoms with van der Waals surface area (Å²) in [7, 11) is 0. The molecule has 0 aliphatic carbocycles. The number of hydrogen-bond donors (Lipinski definition) is 0. The maximum Gasteiger partial charge on any atom is 0.306 e. The van der Waals surface area contributed by atoms with Crippen molar-refractivity contribution in [2.45, 2.75) is 219 Å². The van der Waals surface area contributed by atoms with Gasteiger partial charge in [0.05, 0.1) is 6.61 Å². The summed E-state index contributed by atoms with van der Waals surface area (Å²) in [6.45, 7) is 7.48. The molecule has 0 saturated carbocycles. The van der Waals surface area contributed by atoms with Gasteiger partial charge in [-0.05, 0) is 116 Å². The minimum absolute atomic E-state index is 0.0549. The van der Waals surface area contributed by atoms with E-state index in [-0.39, 0.29) is 25.2 Å². The Kier molecular flexibility index (Phi) is 47.5. The fraction of sp³-hybridized carbons (Fsp3) is 0.673. The van der Waals surface area contributed by atoms with Gasteiger partial charge in [-0.1, -0.05) is 182 Å². The third-order valence-corrected chi connectivity index (χ3v) is 10.1. The van der Waals surface area contributed by atoms with E-state index in [1.54, 1.807) is 0 Å². The van der Waals surface area contributed by atoms with Gasteiger partial charge < -0.3 is 14.2 Å². The molecule has 1 unspecified atom stereocenters. The Hall–Kier alpha value is -3.18. The molecule has 342 valence electrons. The fourth-order valence-electron chi connectivity index (χ4n) is 6.45. The Labute approximate surface area is 371 Å². The van der Waals surface area contributed by atoms with Gasteiger partial charge in [0.1, 0.15) is 6.61 Å². The van der Waals surface area contributed by atoms with Crippen molar-refractivity contribution in [3.63, 3.8) is 0 Å². The van der Waals surface area contributed by atoms with E-state index in [1.807, 2.05) is 0 Å². The SMILES string of the molecule is CC/C=C\C/C=C\C/C=C\CCCCCCOCC(COC(=O)CCCCCCCCC/C=C\C/C=C\CCCCC)OC(=O)CCCCC/C=C\C/C=C\C/C=C\CC. The van der Waals surface area contributed by atoms with Crippen LogP contribution in [0.1, 0.15) is 213 Å². The Morgan fingerprint density at radius 1 is 0.383 bits per heavy atom. The van der Waals surface area contributed by atoms with E-state index >= 15 is 0 Å². The third kappa shape index (κ3) is 47.5. The van der Waals surface area contributed by atoms with Gasteiger partial charge in [0.25, 0.3) is 0 Å². The Bertz CT molecular complexity index is 1170. The van der Waals surface area contributed by atoms with Gasteiger partial charge in [-0.3, -0.25) is 9.59 Å². The maximum absolute atomic E-state index is 12.8. The number of allylic oxidation sites excluding steroid dienone is 16. The average molecular weight is 833 g/mol. The van der Waals surface area contributed by atoms with E-state index in [0.717, 1.165) is 109 Å². The first-order chi connectivity index (χ1) is 29.6. The van der Waals surface area contributed by atoms with Gasteiger partial charge in [-0.2, -0.15) is 0 Å². The first kappa shape index (κ1) is 56.8. The minimum Gasteiger partial charge on any atom is -0.462 e. The molecule has 0 N–H and O–H groups in total. The summed E-state index contributed by atoms with van der Waals surface area (Å²) in [5.74, 6) is -0.458. The first-order valence-electron chi connectivity index (χ1n) is 24.8. The molecule has 5 nitrogen and oxygen atoms in total. The molecule has 5 heteroatoms. The number of esters is 2. The highest BCUT2D eigenvalue weighted by Crippen LogP contribution is 2.12. The predicted octanol–water partition coefficient (Wildman–Crippen LogP) is 16.7. The third-order valence-electron chi connectivity index (χ3n) is 10.1. The van der Waals surface area contributed by atoms with Crippen molar-refractivity contribution in [1.82, 2.24) is 0 Å². The Balaban J connectivity index is 4.36. The molecular weight excluding hydrogens is 741 g/mol. The van der Waals surface area contributed by atoms with Crippen molar-refractivity contribution >= 4 is 11.9 Å². The van der Waals surface area contributed by atoms with Gasteiger partial charge in [-0.15, -0.1) is 0 Å². The molecule has 60 heavy (non-hydrogen) atoms. The fourth-order valence-corrected chi connectivity index (χ4v) is 6.45. The van der Waals surface area contributed by atoms with Gasteiger partial charge in [0.2, 0.25) is 0 Å². The number of carbonyl (C=O) groups excluding carboxylic acids is 2. The largest absolute Gasteiger partial charge is 0.462 e. The molecule has 0 radical (unpaired) electrons. The standard InChI is InChI=1S/C55H92O5/c1-4-7-10-13-16-19-22-25-27-28-29-31-33-36-39-42-45-48-54(56)59-52-53(51-58-50-47-44-41-38-35-32-26-23-20-17-14-11-8-5-2)60-55(57)49-46-43-40-37-34-30-24-21-18-15-12-9-6-3/h8-9,11-12,16-21,25-27,30,32,34,53H,4-7,10,13-15,22-24,28-29,31,33,35-52H2,1-3H3/b11-8-,12-9-,19-16-,20-17-,21-18-,27-25-,32-26-,34-30-. The quantitative estimate of drug-likeness (QED) is 0.0348. The molecule has 0 heterocycles. The molecular formula is C55H92O5. The lowest BCUT2D eigenvalue weighted by Crippen LogP contribution is -2.30. The smallest absolute Gasteiger partial charge is 0.306 e. The molecule has 0 aliphatic rings. The molecule has 0 aromatic carbocycles. The highest BCUT2D eigenvalue weighted by molar-refractivity contribution is 5.70. The van der Waals surface area contributed by atoms with Crippen LogP contribution in [0, 0.1) is 0 Å². The predicted molar refractivity (Wildman–Crippen MR) is 260 cm³/mol. The van der Waals surface area contributed by atoms with E-state index in [9.17, 15) is 9.59 Å².